The molecule has 2 aromatic rings. The van der Waals surface area contributed by atoms with Gasteiger partial charge < -0.3 is 15.0 Å². The van der Waals surface area contributed by atoms with Crippen molar-refractivity contribution in [2.45, 2.75) is 19.8 Å². The molecule has 1 aromatic carbocycles. The molecule has 1 aliphatic rings. The third-order valence-corrected chi connectivity index (χ3v) is 4.41. The minimum atomic E-state index is -0.434. The summed E-state index contributed by atoms with van der Waals surface area (Å²) in [4.78, 5) is 23.3. The summed E-state index contributed by atoms with van der Waals surface area (Å²) >= 11 is 12.3. The molecular formula is C17H18Cl2N4O2. The van der Waals surface area contributed by atoms with Crippen LogP contribution in [-0.4, -0.2) is 35.6 Å². The van der Waals surface area contributed by atoms with Crippen LogP contribution in [0, 0.1) is 0 Å². The number of hydrogen-bond donors (Lipinski definition) is 1. The molecule has 0 atom stereocenters. The molecule has 2 heterocycles. The average molecular weight is 381 g/mol. The molecule has 1 aromatic heterocycles. The molecule has 132 valence electrons. The predicted octanol–water partition coefficient (Wildman–Crippen LogP) is 4.03. The van der Waals surface area contributed by atoms with Crippen molar-refractivity contribution in [1.82, 2.24) is 9.97 Å². The van der Waals surface area contributed by atoms with Gasteiger partial charge in [-0.3, -0.25) is 4.79 Å². The molecule has 0 spiro atoms. The largest absolute Gasteiger partial charge is 0.490 e. The Labute approximate surface area is 156 Å². The number of nitrogens with one attached hydrogen (secondary N) is 1. The highest BCUT2D eigenvalue weighted by Gasteiger charge is 2.21. The lowest BCUT2D eigenvalue weighted by atomic mass is 10.2. The van der Waals surface area contributed by atoms with Gasteiger partial charge in [-0.1, -0.05) is 29.3 Å². The van der Waals surface area contributed by atoms with E-state index in [9.17, 15) is 4.79 Å². The number of carbonyl (C=O) groups is 1. The van der Waals surface area contributed by atoms with E-state index in [0.717, 1.165) is 25.9 Å². The van der Waals surface area contributed by atoms with Crippen LogP contribution in [-0.2, 0) is 0 Å². The zero-order valence-corrected chi connectivity index (χ0v) is 15.3. The summed E-state index contributed by atoms with van der Waals surface area (Å²) in [7, 11) is 0. The molecule has 0 bridgehead atoms. The molecule has 0 aliphatic carbocycles. The van der Waals surface area contributed by atoms with E-state index in [1.807, 2.05) is 11.8 Å². The number of amides is 1. The van der Waals surface area contributed by atoms with Gasteiger partial charge in [-0.25, -0.2) is 9.97 Å². The second-order valence-corrected chi connectivity index (χ2v) is 6.38. The summed E-state index contributed by atoms with van der Waals surface area (Å²) in [5.41, 5.74) is 0.595. The summed E-state index contributed by atoms with van der Waals surface area (Å²) in [5.74, 6) is 0.504. The fraction of sp³-hybridized carbons (Fsp3) is 0.353. The van der Waals surface area contributed by atoms with Gasteiger partial charge in [0, 0.05) is 13.1 Å². The van der Waals surface area contributed by atoms with E-state index in [0.29, 0.717) is 29.0 Å². The molecule has 1 amide bonds. The van der Waals surface area contributed by atoms with E-state index in [4.69, 9.17) is 27.9 Å². The Bertz CT molecular complexity index is 779. The Balaban J connectivity index is 1.86. The first-order chi connectivity index (χ1) is 12.1. The normalized spacial score (nSPS) is 13.8. The number of rotatable bonds is 5. The number of aromatic nitrogens is 2. The maximum Gasteiger partial charge on any atom is 0.276 e. The van der Waals surface area contributed by atoms with Crippen LogP contribution in [0.1, 0.15) is 30.3 Å². The summed E-state index contributed by atoms with van der Waals surface area (Å²) in [6, 6.07) is 5.15. The molecule has 1 saturated heterocycles. The van der Waals surface area contributed by atoms with Crippen LogP contribution in [0.15, 0.2) is 24.4 Å². The van der Waals surface area contributed by atoms with Crippen molar-refractivity contribution in [2.24, 2.45) is 0 Å². The van der Waals surface area contributed by atoms with Gasteiger partial charge in [0.15, 0.2) is 11.4 Å². The van der Waals surface area contributed by atoms with Crippen LogP contribution in [0.25, 0.3) is 0 Å². The first-order valence-corrected chi connectivity index (χ1v) is 8.86. The molecule has 0 unspecified atom stereocenters. The van der Waals surface area contributed by atoms with E-state index in [2.05, 4.69) is 15.3 Å². The maximum absolute atomic E-state index is 12.7. The molecule has 0 radical (unpaired) electrons. The highest BCUT2D eigenvalue weighted by molar-refractivity contribution is 6.34. The van der Waals surface area contributed by atoms with Gasteiger partial charge in [0.25, 0.3) is 5.91 Å². The fourth-order valence-electron chi connectivity index (χ4n) is 2.67. The molecule has 1 N–H and O–H groups in total. The minimum Gasteiger partial charge on any atom is -0.490 e. The lowest BCUT2D eigenvalue weighted by Crippen LogP contribution is -2.23. The number of para-hydroxylation sites is 1. The van der Waals surface area contributed by atoms with Gasteiger partial charge in [0.05, 0.1) is 28.5 Å². The second-order valence-electron chi connectivity index (χ2n) is 5.56. The topological polar surface area (TPSA) is 67.3 Å². The zero-order chi connectivity index (χ0) is 17.8. The lowest BCUT2D eigenvalue weighted by molar-refractivity contribution is 0.102. The van der Waals surface area contributed by atoms with Crippen molar-refractivity contribution in [3.63, 3.8) is 0 Å². The lowest BCUT2D eigenvalue weighted by Gasteiger charge is -2.16. The van der Waals surface area contributed by atoms with Gasteiger partial charge in [0.2, 0.25) is 5.95 Å². The Hall–Kier alpha value is -2.05. The van der Waals surface area contributed by atoms with Gasteiger partial charge in [-0.15, -0.1) is 0 Å². The van der Waals surface area contributed by atoms with Crippen molar-refractivity contribution >= 4 is 40.7 Å². The number of hydrogen-bond acceptors (Lipinski definition) is 5. The van der Waals surface area contributed by atoms with Crippen molar-refractivity contribution in [3.8, 4) is 5.75 Å². The smallest absolute Gasteiger partial charge is 0.276 e. The Morgan fingerprint density at radius 1 is 1.28 bits per heavy atom. The second kappa shape index (κ2) is 7.89. The first kappa shape index (κ1) is 17.8. The zero-order valence-electron chi connectivity index (χ0n) is 13.8. The Morgan fingerprint density at radius 2 is 2.04 bits per heavy atom. The minimum absolute atomic E-state index is 0.126. The summed E-state index contributed by atoms with van der Waals surface area (Å²) in [6.07, 6.45) is 3.64. The van der Waals surface area contributed by atoms with E-state index < -0.39 is 5.91 Å². The van der Waals surface area contributed by atoms with E-state index >= 15 is 0 Å². The van der Waals surface area contributed by atoms with Crippen LogP contribution >= 0.6 is 23.2 Å². The van der Waals surface area contributed by atoms with Crippen LogP contribution < -0.4 is 15.0 Å². The van der Waals surface area contributed by atoms with E-state index in [1.165, 1.54) is 6.20 Å². The van der Waals surface area contributed by atoms with Crippen molar-refractivity contribution in [2.75, 3.05) is 29.9 Å². The third-order valence-electron chi connectivity index (χ3n) is 3.84. The van der Waals surface area contributed by atoms with Crippen molar-refractivity contribution in [1.29, 1.82) is 0 Å². The van der Waals surface area contributed by atoms with Gasteiger partial charge in [-0.2, -0.15) is 0 Å². The first-order valence-electron chi connectivity index (χ1n) is 8.10. The van der Waals surface area contributed by atoms with Crippen LogP contribution in [0.3, 0.4) is 0 Å². The fourth-order valence-corrected chi connectivity index (χ4v) is 3.07. The number of carbonyl (C=O) groups excluding carboxylic acids is 1. The van der Waals surface area contributed by atoms with Gasteiger partial charge in [0.1, 0.15) is 0 Å². The number of anilines is 2. The molecule has 1 fully saturated rings. The summed E-state index contributed by atoms with van der Waals surface area (Å²) in [6.45, 7) is 4.04. The molecule has 0 saturated carbocycles. The number of nitrogens with zero attached hydrogens (tertiary/aromatic N) is 3. The van der Waals surface area contributed by atoms with Crippen molar-refractivity contribution in [3.05, 3.63) is 40.1 Å². The number of halogens is 2. The average Bonchev–Trinajstić information content (AvgIpc) is 3.13. The molecular weight excluding hydrogens is 363 g/mol. The van der Waals surface area contributed by atoms with E-state index in [1.54, 1.807) is 18.2 Å². The quantitative estimate of drug-likeness (QED) is 0.847. The highest BCUT2D eigenvalue weighted by atomic mass is 35.5. The Kier molecular flexibility index (Phi) is 5.60. The third kappa shape index (κ3) is 3.96. The van der Waals surface area contributed by atoms with Crippen LogP contribution in [0.4, 0.5) is 11.6 Å². The highest BCUT2D eigenvalue weighted by Crippen LogP contribution is 2.33. The molecule has 1 aliphatic heterocycles. The molecule has 8 heteroatoms. The maximum atomic E-state index is 12.7. The van der Waals surface area contributed by atoms with Crippen LogP contribution in [0.2, 0.25) is 10.0 Å². The number of benzene rings is 1. The summed E-state index contributed by atoms with van der Waals surface area (Å²) in [5, 5.41) is 3.39. The van der Waals surface area contributed by atoms with Crippen LogP contribution in [0.5, 0.6) is 5.75 Å². The summed E-state index contributed by atoms with van der Waals surface area (Å²) < 4.78 is 5.52. The SMILES string of the molecule is CCOc1c(Cl)cccc1NC(=O)c1nc(N2CCCC2)ncc1Cl. The van der Waals surface area contributed by atoms with Crippen molar-refractivity contribution < 1.29 is 9.53 Å². The molecule has 25 heavy (non-hydrogen) atoms. The Morgan fingerprint density at radius 3 is 2.76 bits per heavy atom. The van der Waals surface area contributed by atoms with E-state index in [-0.39, 0.29) is 10.7 Å². The molecule has 3 rings (SSSR count). The predicted molar refractivity (Wildman–Crippen MR) is 99.1 cm³/mol. The monoisotopic (exact) mass is 380 g/mol. The van der Waals surface area contributed by atoms with Gasteiger partial charge >= 0.3 is 0 Å². The standard InChI is InChI=1S/C17H18Cl2N4O2/c1-2-25-15-11(18)6-5-7-13(15)21-16(24)14-12(19)10-20-17(22-14)23-8-3-4-9-23/h5-7,10H,2-4,8-9H2,1H3,(H,21,24). The van der Waals surface area contributed by atoms with Gasteiger partial charge in [-0.05, 0) is 31.9 Å². The molecule has 6 nitrogen and oxygen atoms in total. The number of ether oxygens (including phenoxy) is 1.